The van der Waals surface area contributed by atoms with Crippen molar-refractivity contribution in [1.82, 2.24) is 25.1 Å². The molecule has 7 heteroatoms. The summed E-state index contributed by atoms with van der Waals surface area (Å²) in [6.45, 7) is 1.51. The summed E-state index contributed by atoms with van der Waals surface area (Å²) in [5.74, 6) is -0.0428. The van der Waals surface area contributed by atoms with E-state index in [0.29, 0.717) is 19.8 Å². The highest BCUT2D eigenvalue weighted by molar-refractivity contribution is 5.79. The van der Waals surface area contributed by atoms with Crippen molar-refractivity contribution in [2.75, 3.05) is 13.2 Å². The Morgan fingerprint density at radius 1 is 1.48 bits per heavy atom. The van der Waals surface area contributed by atoms with Crippen LogP contribution in [0.25, 0.3) is 11.3 Å². The Balaban J connectivity index is 1.72. The molecular formula is C14H17N5O2. The predicted octanol–water partition coefficient (Wildman–Crippen LogP) is 0.530. The molecule has 0 saturated carbocycles. The van der Waals surface area contributed by atoms with E-state index in [2.05, 4.69) is 20.4 Å². The third kappa shape index (κ3) is 3.08. The minimum Gasteiger partial charge on any atom is -0.381 e. The molecular weight excluding hydrogens is 270 g/mol. The summed E-state index contributed by atoms with van der Waals surface area (Å²) in [7, 11) is 1.85. The summed E-state index contributed by atoms with van der Waals surface area (Å²) in [5.41, 5.74) is 2.37. The fourth-order valence-corrected chi connectivity index (χ4v) is 2.34. The smallest absolute Gasteiger partial charge is 0.225 e. The summed E-state index contributed by atoms with van der Waals surface area (Å²) < 4.78 is 6.94. The Kier molecular flexibility index (Phi) is 3.92. The average molecular weight is 287 g/mol. The van der Waals surface area contributed by atoms with Gasteiger partial charge in [0.1, 0.15) is 0 Å². The van der Waals surface area contributed by atoms with Gasteiger partial charge in [-0.05, 0) is 6.42 Å². The van der Waals surface area contributed by atoms with Gasteiger partial charge in [0.05, 0.1) is 36.7 Å². The van der Waals surface area contributed by atoms with Gasteiger partial charge < -0.3 is 10.1 Å². The van der Waals surface area contributed by atoms with Crippen molar-refractivity contribution in [3.63, 3.8) is 0 Å². The first-order chi connectivity index (χ1) is 10.2. The third-order valence-electron chi connectivity index (χ3n) is 3.48. The van der Waals surface area contributed by atoms with Gasteiger partial charge in [0.15, 0.2) is 0 Å². The number of aromatic nitrogens is 4. The first-order valence-electron chi connectivity index (χ1n) is 6.88. The van der Waals surface area contributed by atoms with E-state index in [1.807, 2.05) is 13.2 Å². The van der Waals surface area contributed by atoms with E-state index in [-0.39, 0.29) is 11.8 Å². The molecule has 0 unspecified atom stereocenters. The molecule has 1 aliphatic rings. The highest BCUT2D eigenvalue weighted by Crippen LogP contribution is 2.19. The van der Waals surface area contributed by atoms with Crippen molar-refractivity contribution in [1.29, 1.82) is 0 Å². The van der Waals surface area contributed by atoms with Gasteiger partial charge >= 0.3 is 0 Å². The lowest BCUT2D eigenvalue weighted by atomic mass is 10.1. The first kappa shape index (κ1) is 13.7. The number of carbonyl (C=O) groups excluding carboxylic acids is 1. The topological polar surface area (TPSA) is 81.9 Å². The number of hydrogen-bond donors (Lipinski definition) is 1. The molecule has 2 aromatic rings. The monoisotopic (exact) mass is 287 g/mol. The van der Waals surface area contributed by atoms with E-state index < -0.39 is 0 Å². The number of carbonyl (C=O) groups is 1. The molecule has 21 heavy (non-hydrogen) atoms. The maximum absolute atomic E-state index is 12.0. The second-order valence-corrected chi connectivity index (χ2v) is 5.03. The van der Waals surface area contributed by atoms with Gasteiger partial charge in [-0.1, -0.05) is 0 Å². The van der Waals surface area contributed by atoms with Crippen LogP contribution in [0.3, 0.4) is 0 Å². The van der Waals surface area contributed by atoms with Crippen LogP contribution < -0.4 is 5.32 Å². The largest absolute Gasteiger partial charge is 0.381 e. The molecule has 0 radical (unpaired) electrons. The van der Waals surface area contributed by atoms with Crippen molar-refractivity contribution in [3.05, 3.63) is 30.5 Å². The van der Waals surface area contributed by atoms with E-state index in [4.69, 9.17) is 4.74 Å². The highest BCUT2D eigenvalue weighted by Gasteiger charge is 2.23. The SMILES string of the molecule is Cn1cc(-c2nccnc2CNC(=O)[C@@H]2CCOC2)cn1. The molecule has 1 saturated heterocycles. The summed E-state index contributed by atoms with van der Waals surface area (Å²) in [5, 5.41) is 7.05. The Morgan fingerprint density at radius 3 is 3.05 bits per heavy atom. The van der Waals surface area contributed by atoms with Gasteiger partial charge in [0.2, 0.25) is 5.91 Å². The van der Waals surface area contributed by atoms with E-state index in [9.17, 15) is 4.79 Å². The van der Waals surface area contributed by atoms with Crippen LogP contribution in [0.4, 0.5) is 0 Å². The van der Waals surface area contributed by atoms with E-state index in [1.165, 1.54) is 0 Å². The van der Waals surface area contributed by atoms with Crippen molar-refractivity contribution >= 4 is 5.91 Å². The fraction of sp³-hybridized carbons (Fsp3) is 0.429. The van der Waals surface area contributed by atoms with Crippen LogP contribution >= 0.6 is 0 Å². The summed E-state index contributed by atoms with van der Waals surface area (Å²) in [6.07, 6.45) is 7.65. The van der Waals surface area contributed by atoms with E-state index in [0.717, 1.165) is 23.4 Å². The van der Waals surface area contributed by atoms with Crippen LogP contribution in [0.2, 0.25) is 0 Å². The number of ether oxygens (including phenoxy) is 1. The first-order valence-corrected chi connectivity index (χ1v) is 6.88. The number of rotatable bonds is 4. The van der Waals surface area contributed by atoms with Crippen LogP contribution in [0.5, 0.6) is 0 Å². The average Bonchev–Trinajstić information content (AvgIpc) is 3.16. The van der Waals surface area contributed by atoms with Gasteiger partial charge in [0.25, 0.3) is 0 Å². The highest BCUT2D eigenvalue weighted by atomic mass is 16.5. The Hall–Kier alpha value is -2.28. The summed E-state index contributed by atoms with van der Waals surface area (Å²) in [6, 6.07) is 0. The second kappa shape index (κ2) is 6.01. The maximum Gasteiger partial charge on any atom is 0.225 e. The minimum atomic E-state index is -0.0523. The lowest BCUT2D eigenvalue weighted by molar-refractivity contribution is -0.125. The zero-order valence-corrected chi connectivity index (χ0v) is 11.8. The van der Waals surface area contributed by atoms with Crippen LogP contribution in [-0.2, 0) is 23.1 Å². The number of aryl methyl sites for hydroxylation is 1. The zero-order valence-electron chi connectivity index (χ0n) is 11.8. The number of amides is 1. The van der Waals surface area contributed by atoms with Gasteiger partial charge in [-0.3, -0.25) is 19.4 Å². The molecule has 0 bridgehead atoms. The quantitative estimate of drug-likeness (QED) is 0.887. The Bertz CT molecular complexity index is 634. The van der Waals surface area contributed by atoms with Crippen LogP contribution in [0.15, 0.2) is 24.8 Å². The van der Waals surface area contributed by atoms with Crippen molar-refractivity contribution in [2.24, 2.45) is 13.0 Å². The van der Waals surface area contributed by atoms with Crippen molar-refractivity contribution in [3.8, 4) is 11.3 Å². The van der Waals surface area contributed by atoms with Crippen LogP contribution in [0.1, 0.15) is 12.1 Å². The molecule has 110 valence electrons. The maximum atomic E-state index is 12.0. The van der Waals surface area contributed by atoms with Gasteiger partial charge in [-0.15, -0.1) is 0 Å². The van der Waals surface area contributed by atoms with Crippen LogP contribution in [-0.4, -0.2) is 38.9 Å². The molecule has 2 aromatic heterocycles. The standard InChI is InChI=1S/C14H17N5O2/c1-19-8-11(6-18-19)13-12(15-3-4-16-13)7-17-14(20)10-2-5-21-9-10/h3-4,6,8,10H,2,5,7,9H2,1H3,(H,17,20)/t10-/m1/s1. The third-order valence-corrected chi connectivity index (χ3v) is 3.48. The molecule has 1 atom stereocenters. The molecule has 3 rings (SSSR count). The normalized spacial score (nSPS) is 17.9. The Labute approximate surface area is 122 Å². The molecule has 3 heterocycles. The molecule has 1 amide bonds. The number of hydrogen-bond acceptors (Lipinski definition) is 5. The molecule has 0 aliphatic carbocycles. The molecule has 1 aliphatic heterocycles. The molecule has 1 fully saturated rings. The summed E-state index contributed by atoms with van der Waals surface area (Å²) >= 11 is 0. The predicted molar refractivity (Wildman–Crippen MR) is 75.0 cm³/mol. The van der Waals surface area contributed by atoms with E-state index in [1.54, 1.807) is 23.3 Å². The number of nitrogens with one attached hydrogen (secondary N) is 1. The fourth-order valence-electron chi connectivity index (χ4n) is 2.34. The van der Waals surface area contributed by atoms with Gasteiger partial charge in [-0.25, -0.2) is 0 Å². The molecule has 1 N–H and O–H groups in total. The van der Waals surface area contributed by atoms with Gasteiger partial charge in [0, 0.05) is 37.8 Å². The lowest BCUT2D eigenvalue weighted by Crippen LogP contribution is -2.31. The molecule has 7 nitrogen and oxygen atoms in total. The second-order valence-electron chi connectivity index (χ2n) is 5.03. The number of nitrogens with zero attached hydrogens (tertiary/aromatic N) is 4. The van der Waals surface area contributed by atoms with Crippen molar-refractivity contribution in [2.45, 2.75) is 13.0 Å². The van der Waals surface area contributed by atoms with E-state index >= 15 is 0 Å². The Morgan fingerprint density at radius 2 is 2.33 bits per heavy atom. The van der Waals surface area contributed by atoms with Gasteiger partial charge in [-0.2, -0.15) is 5.10 Å². The van der Waals surface area contributed by atoms with Crippen molar-refractivity contribution < 1.29 is 9.53 Å². The minimum absolute atomic E-state index is 0.00953. The lowest BCUT2D eigenvalue weighted by Gasteiger charge is -2.10. The summed E-state index contributed by atoms with van der Waals surface area (Å²) in [4.78, 5) is 20.7. The molecule has 0 spiro atoms. The van der Waals surface area contributed by atoms with Crippen LogP contribution in [0, 0.1) is 5.92 Å². The zero-order chi connectivity index (χ0) is 14.7. The molecule has 0 aromatic carbocycles.